The lowest BCUT2D eigenvalue weighted by Crippen LogP contribution is -2.10. The van der Waals surface area contributed by atoms with Crippen LogP contribution in [0.15, 0.2) is 36.4 Å². The minimum Gasteiger partial charge on any atom is -0.480 e. The molecule has 0 amide bonds. The van der Waals surface area contributed by atoms with Crippen LogP contribution in [-0.4, -0.2) is 9.91 Å². The first-order valence-corrected chi connectivity index (χ1v) is 5.90. The second-order valence-corrected chi connectivity index (χ2v) is 4.18. The van der Waals surface area contributed by atoms with Crippen molar-refractivity contribution in [2.24, 2.45) is 5.84 Å². The zero-order valence-corrected chi connectivity index (χ0v) is 10.9. The lowest BCUT2D eigenvalue weighted by atomic mass is 10.2. The van der Waals surface area contributed by atoms with E-state index in [1.165, 1.54) is 6.07 Å². The number of nitro benzene ring substituents is 1. The summed E-state index contributed by atoms with van der Waals surface area (Å²) >= 11 is 0. The predicted octanol–water partition coefficient (Wildman–Crippen LogP) is 2.16. The molecule has 0 aliphatic rings. The smallest absolute Gasteiger partial charge is 0.311 e. The number of nitrogens with zero attached hydrogens (tertiary/aromatic N) is 2. The second-order valence-electron chi connectivity index (χ2n) is 4.18. The van der Waals surface area contributed by atoms with Crippen molar-refractivity contribution in [3.63, 3.8) is 0 Å². The SMILES string of the molecule is Cc1ccc(OCc2cccc(NN)n2)c([N+](=O)[O-])c1. The van der Waals surface area contributed by atoms with Crippen molar-refractivity contribution in [3.05, 3.63) is 57.8 Å². The third-order valence-electron chi connectivity index (χ3n) is 2.64. The zero-order chi connectivity index (χ0) is 14.5. The number of hydrogen-bond acceptors (Lipinski definition) is 6. The van der Waals surface area contributed by atoms with Gasteiger partial charge in [-0.25, -0.2) is 10.8 Å². The fourth-order valence-electron chi connectivity index (χ4n) is 1.68. The van der Waals surface area contributed by atoms with Gasteiger partial charge in [-0.1, -0.05) is 12.1 Å². The molecule has 0 unspecified atom stereocenters. The maximum absolute atomic E-state index is 11.0. The number of hydrogen-bond donors (Lipinski definition) is 2. The molecule has 0 radical (unpaired) electrons. The van der Waals surface area contributed by atoms with E-state index in [4.69, 9.17) is 10.6 Å². The van der Waals surface area contributed by atoms with Crippen LogP contribution in [0.2, 0.25) is 0 Å². The highest BCUT2D eigenvalue weighted by atomic mass is 16.6. The van der Waals surface area contributed by atoms with Crippen LogP contribution in [0.3, 0.4) is 0 Å². The number of rotatable bonds is 5. The Bertz CT molecular complexity index is 631. The summed E-state index contributed by atoms with van der Waals surface area (Å²) in [5.74, 6) is 5.98. The van der Waals surface area contributed by atoms with Gasteiger partial charge in [0.2, 0.25) is 0 Å². The number of aryl methyl sites for hydroxylation is 1. The largest absolute Gasteiger partial charge is 0.480 e. The van der Waals surface area contributed by atoms with E-state index >= 15 is 0 Å². The van der Waals surface area contributed by atoms with Gasteiger partial charge in [-0.05, 0) is 30.7 Å². The lowest BCUT2D eigenvalue weighted by Gasteiger charge is -2.08. The van der Waals surface area contributed by atoms with Crippen molar-refractivity contribution in [1.82, 2.24) is 4.98 Å². The van der Waals surface area contributed by atoms with Crippen molar-refractivity contribution in [1.29, 1.82) is 0 Å². The molecular formula is C13H14N4O3. The fraction of sp³-hybridized carbons (Fsp3) is 0.154. The molecule has 7 nitrogen and oxygen atoms in total. The molecule has 1 aromatic carbocycles. The summed E-state index contributed by atoms with van der Waals surface area (Å²) in [6.07, 6.45) is 0. The van der Waals surface area contributed by atoms with E-state index in [2.05, 4.69) is 10.4 Å². The molecule has 0 aliphatic heterocycles. The summed E-state index contributed by atoms with van der Waals surface area (Å²) in [6.45, 7) is 1.91. The van der Waals surface area contributed by atoms with Gasteiger partial charge in [0.05, 0.1) is 10.6 Å². The molecule has 20 heavy (non-hydrogen) atoms. The van der Waals surface area contributed by atoms with Gasteiger partial charge in [0.15, 0.2) is 5.75 Å². The average Bonchev–Trinajstić information content (AvgIpc) is 2.46. The van der Waals surface area contributed by atoms with E-state index < -0.39 is 4.92 Å². The Labute approximate surface area is 115 Å². The van der Waals surface area contributed by atoms with Crippen LogP contribution < -0.4 is 16.0 Å². The van der Waals surface area contributed by atoms with Crippen LogP contribution in [-0.2, 0) is 6.61 Å². The van der Waals surface area contributed by atoms with Crippen LogP contribution >= 0.6 is 0 Å². The van der Waals surface area contributed by atoms with Gasteiger partial charge in [-0.15, -0.1) is 0 Å². The fourth-order valence-corrected chi connectivity index (χ4v) is 1.68. The molecule has 104 valence electrons. The van der Waals surface area contributed by atoms with Gasteiger partial charge in [0.25, 0.3) is 0 Å². The van der Waals surface area contributed by atoms with Gasteiger partial charge in [0, 0.05) is 6.07 Å². The molecule has 0 fully saturated rings. The number of benzene rings is 1. The summed E-state index contributed by atoms with van der Waals surface area (Å²) in [6, 6.07) is 10.0. The molecule has 1 heterocycles. The van der Waals surface area contributed by atoms with Gasteiger partial charge in [-0.2, -0.15) is 0 Å². The molecule has 3 N–H and O–H groups in total. The quantitative estimate of drug-likeness (QED) is 0.492. The highest BCUT2D eigenvalue weighted by Gasteiger charge is 2.15. The maximum atomic E-state index is 11.0. The van der Waals surface area contributed by atoms with Crippen LogP contribution in [0.25, 0.3) is 0 Å². The third-order valence-corrected chi connectivity index (χ3v) is 2.64. The standard InChI is InChI=1S/C13H14N4O3/c1-9-5-6-12(11(7-9)17(18)19)20-8-10-3-2-4-13(15-10)16-14/h2-7H,8,14H2,1H3,(H,15,16). The predicted molar refractivity (Wildman–Crippen MR) is 74.2 cm³/mol. The summed E-state index contributed by atoms with van der Waals surface area (Å²) in [7, 11) is 0. The molecular weight excluding hydrogens is 260 g/mol. The number of hydrazine groups is 1. The first kappa shape index (κ1) is 13.8. The Morgan fingerprint density at radius 2 is 2.20 bits per heavy atom. The number of nitrogen functional groups attached to an aromatic ring is 1. The lowest BCUT2D eigenvalue weighted by molar-refractivity contribution is -0.386. The number of ether oxygens (including phenoxy) is 1. The first-order valence-electron chi connectivity index (χ1n) is 5.90. The molecule has 0 saturated heterocycles. The number of anilines is 1. The third kappa shape index (κ3) is 3.21. The normalized spacial score (nSPS) is 10.1. The highest BCUT2D eigenvalue weighted by Crippen LogP contribution is 2.28. The number of pyridine rings is 1. The topological polar surface area (TPSA) is 103 Å². The monoisotopic (exact) mass is 274 g/mol. The molecule has 2 aromatic rings. The Kier molecular flexibility index (Phi) is 4.11. The highest BCUT2D eigenvalue weighted by molar-refractivity contribution is 5.48. The van der Waals surface area contributed by atoms with Crippen LogP contribution in [0.4, 0.5) is 11.5 Å². The second kappa shape index (κ2) is 5.98. The van der Waals surface area contributed by atoms with Crippen LogP contribution in [0, 0.1) is 17.0 Å². The summed E-state index contributed by atoms with van der Waals surface area (Å²) in [5, 5.41) is 11.0. The van der Waals surface area contributed by atoms with E-state index in [9.17, 15) is 10.1 Å². The van der Waals surface area contributed by atoms with Crippen molar-refractivity contribution in [2.75, 3.05) is 5.43 Å². The van der Waals surface area contributed by atoms with Crippen molar-refractivity contribution >= 4 is 11.5 Å². The summed E-state index contributed by atoms with van der Waals surface area (Å²) < 4.78 is 5.47. The molecule has 1 aromatic heterocycles. The van der Waals surface area contributed by atoms with E-state index in [0.717, 1.165) is 5.56 Å². The molecule has 2 rings (SSSR count). The Morgan fingerprint density at radius 1 is 1.40 bits per heavy atom. The minimum atomic E-state index is -0.465. The van der Waals surface area contributed by atoms with E-state index in [-0.39, 0.29) is 18.0 Å². The summed E-state index contributed by atoms with van der Waals surface area (Å²) in [4.78, 5) is 14.7. The van der Waals surface area contributed by atoms with Gasteiger partial charge in [0.1, 0.15) is 12.4 Å². The summed E-state index contributed by atoms with van der Waals surface area (Å²) in [5.41, 5.74) is 3.79. The van der Waals surface area contributed by atoms with Crippen molar-refractivity contribution < 1.29 is 9.66 Å². The number of nitrogens with two attached hydrogens (primary N) is 1. The molecule has 0 aliphatic carbocycles. The number of nitro groups is 1. The van der Waals surface area contributed by atoms with E-state index in [0.29, 0.717) is 11.5 Å². The van der Waals surface area contributed by atoms with Gasteiger partial charge in [-0.3, -0.25) is 10.1 Å². The Balaban J connectivity index is 2.16. The van der Waals surface area contributed by atoms with E-state index in [1.807, 2.05) is 0 Å². The van der Waals surface area contributed by atoms with E-state index in [1.54, 1.807) is 37.3 Å². The molecule has 0 atom stereocenters. The number of aromatic nitrogens is 1. The number of nitrogens with one attached hydrogen (secondary N) is 1. The van der Waals surface area contributed by atoms with Gasteiger partial charge < -0.3 is 10.2 Å². The van der Waals surface area contributed by atoms with Crippen molar-refractivity contribution in [3.8, 4) is 5.75 Å². The van der Waals surface area contributed by atoms with Crippen molar-refractivity contribution in [2.45, 2.75) is 13.5 Å². The van der Waals surface area contributed by atoms with Crippen LogP contribution in [0.1, 0.15) is 11.3 Å². The first-order chi connectivity index (χ1) is 9.60. The molecule has 0 bridgehead atoms. The average molecular weight is 274 g/mol. The minimum absolute atomic E-state index is 0.0573. The molecule has 0 saturated carbocycles. The van der Waals surface area contributed by atoms with Crippen LogP contribution in [0.5, 0.6) is 5.75 Å². The molecule has 0 spiro atoms. The molecule has 7 heteroatoms. The Morgan fingerprint density at radius 3 is 2.90 bits per heavy atom. The Hall–Kier alpha value is -2.67. The van der Waals surface area contributed by atoms with Gasteiger partial charge >= 0.3 is 5.69 Å². The zero-order valence-electron chi connectivity index (χ0n) is 10.9. The maximum Gasteiger partial charge on any atom is 0.311 e.